The van der Waals surface area contributed by atoms with Gasteiger partial charge in [0.1, 0.15) is 24.7 Å². The second-order valence-electron chi connectivity index (χ2n) is 11.2. The number of benzene rings is 1. The van der Waals surface area contributed by atoms with Crippen molar-refractivity contribution in [3.05, 3.63) is 53.5 Å². The van der Waals surface area contributed by atoms with E-state index in [1.54, 1.807) is 31.4 Å². The van der Waals surface area contributed by atoms with Crippen LogP contribution in [0.2, 0.25) is 0 Å². The van der Waals surface area contributed by atoms with Gasteiger partial charge in [0.25, 0.3) is 0 Å². The maximum Gasteiger partial charge on any atom is 0.219 e. The van der Waals surface area contributed by atoms with Crippen molar-refractivity contribution in [3.8, 4) is 5.75 Å². The normalized spacial score (nSPS) is 15.2. The quantitative estimate of drug-likeness (QED) is 0.129. The zero-order chi connectivity index (χ0) is 33.7. The summed E-state index contributed by atoms with van der Waals surface area (Å²) in [7, 11) is 1.61. The van der Waals surface area contributed by atoms with Crippen LogP contribution in [0.5, 0.6) is 5.75 Å². The monoisotopic (exact) mass is 630 g/mol. The number of carbonyl (C=O) groups is 2. The van der Waals surface area contributed by atoms with Gasteiger partial charge >= 0.3 is 0 Å². The number of amides is 1. The Kier molecular flexibility index (Phi) is 26.9. The fraction of sp³-hybridized carbons (Fsp3) is 0.692. The summed E-state index contributed by atoms with van der Waals surface area (Å²) in [6.45, 7) is 16.8. The highest BCUT2D eigenvalue weighted by Crippen LogP contribution is 2.29. The number of ketones is 1. The zero-order valence-electron chi connectivity index (χ0n) is 30.2. The number of allylic oxidation sites excluding steroid dienone is 3. The van der Waals surface area contributed by atoms with Crippen LogP contribution in [0.3, 0.4) is 0 Å². The number of hydrogen-bond donors (Lipinski definition) is 1. The van der Waals surface area contributed by atoms with Crippen LogP contribution in [-0.4, -0.2) is 38.6 Å². The first-order chi connectivity index (χ1) is 22.0. The predicted molar refractivity (Wildman–Crippen MR) is 190 cm³/mol. The van der Waals surface area contributed by atoms with E-state index in [4.69, 9.17) is 14.2 Å². The molecule has 6 nitrogen and oxygen atoms in total. The lowest BCUT2D eigenvalue weighted by Gasteiger charge is -2.26. The molecule has 1 aliphatic carbocycles. The third kappa shape index (κ3) is 19.4. The number of hydrogen-bond acceptors (Lipinski definition) is 5. The van der Waals surface area contributed by atoms with Crippen LogP contribution in [0, 0.1) is 11.8 Å². The van der Waals surface area contributed by atoms with Gasteiger partial charge in [0.15, 0.2) is 11.5 Å². The largest absolute Gasteiger partial charge is 0.497 e. The Morgan fingerprint density at radius 2 is 1.56 bits per heavy atom. The fourth-order valence-corrected chi connectivity index (χ4v) is 5.29. The molecule has 2 atom stereocenters. The minimum absolute atomic E-state index is 0.0772. The van der Waals surface area contributed by atoms with Crippen LogP contribution >= 0.6 is 0 Å². The van der Waals surface area contributed by atoms with Gasteiger partial charge in [0, 0.05) is 31.4 Å². The van der Waals surface area contributed by atoms with Crippen molar-refractivity contribution in [2.24, 2.45) is 11.8 Å². The van der Waals surface area contributed by atoms with E-state index in [1.807, 2.05) is 33.8 Å². The summed E-state index contributed by atoms with van der Waals surface area (Å²) in [5, 5.41) is 3.00. The molecule has 1 aliphatic heterocycles. The van der Waals surface area contributed by atoms with Crippen molar-refractivity contribution in [1.29, 1.82) is 0 Å². The highest BCUT2D eigenvalue weighted by Gasteiger charge is 2.21. The molecule has 0 bridgehead atoms. The van der Waals surface area contributed by atoms with Crippen molar-refractivity contribution < 1.29 is 23.8 Å². The minimum atomic E-state index is 0.0772. The summed E-state index contributed by atoms with van der Waals surface area (Å²) in [5.74, 6) is 4.13. The maximum absolute atomic E-state index is 12.2. The molecular weight excluding hydrogens is 562 g/mol. The molecule has 3 rings (SSSR count). The van der Waals surface area contributed by atoms with Gasteiger partial charge in [-0.15, -0.1) is 0 Å². The van der Waals surface area contributed by atoms with Crippen molar-refractivity contribution in [3.63, 3.8) is 0 Å². The molecule has 0 radical (unpaired) electrons. The molecule has 1 N–H and O–H groups in total. The van der Waals surface area contributed by atoms with Crippen LogP contribution < -0.4 is 10.1 Å². The minimum Gasteiger partial charge on any atom is -0.497 e. The molecule has 2 unspecified atom stereocenters. The van der Waals surface area contributed by atoms with Crippen LogP contribution in [0.25, 0.3) is 0 Å². The van der Waals surface area contributed by atoms with E-state index in [2.05, 4.69) is 32.2 Å². The van der Waals surface area contributed by atoms with E-state index >= 15 is 0 Å². The van der Waals surface area contributed by atoms with Gasteiger partial charge in [-0.1, -0.05) is 106 Å². The van der Waals surface area contributed by atoms with Gasteiger partial charge in [0.2, 0.25) is 5.91 Å². The van der Waals surface area contributed by atoms with Crippen molar-refractivity contribution >= 4 is 11.7 Å². The first-order valence-corrected chi connectivity index (χ1v) is 18.1. The number of unbranched alkanes of at least 4 members (excludes halogenated alkanes) is 4. The van der Waals surface area contributed by atoms with Gasteiger partial charge in [0.05, 0.1) is 7.11 Å². The van der Waals surface area contributed by atoms with Crippen LogP contribution in [-0.2, 0) is 14.3 Å². The van der Waals surface area contributed by atoms with E-state index in [9.17, 15) is 9.59 Å². The third-order valence-electron chi connectivity index (χ3n) is 7.91. The second-order valence-corrected chi connectivity index (χ2v) is 11.2. The first-order valence-electron chi connectivity index (χ1n) is 18.1. The Labute approximate surface area is 276 Å². The van der Waals surface area contributed by atoms with Gasteiger partial charge < -0.3 is 19.5 Å². The van der Waals surface area contributed by atoms with E-state index in [1.165, 1.54) is 44.9 Å². The summed E-state index contributed by atoms with van der Waals surface area (Å²) in [5.41, 5.74) is 0.707. The lowest BCUT2D eigenvalue weighted by atomic mass is 9.94. The number of ether oxygens (including phenoxy) is 3. The molecule has 45 heavy (non-hydrogen) atoms. The molecule has 1 amide bonds. The standard InChI is InChI=1S/C24H31NO5.C11H24.2C2H6/c1-28-20-10-8-19(9-11-20)21(26)5-3-2-4-6-24(27)25-14-13-18-7-12-22-23(17-18)30-16-15-29-22;1-4-7-8-10-11(6-3)9-5-2;2*1-2/h7-12,18H,2-6,13-17H2,1H3,(H,25,27);11H,4-10H2,1-3H3;2*1-2H3. The topological polar surface area (TPSA) is 73.9 Å². The van der Waals surface area contributed by atoms with Gasteiger partial charge in [-0.3, -0.25) is 9.59 Å². The summed E-state index contributed by atoms with van der Waals surface area (Å²) in [6, 6.07) is 7.18. The van der Waals surface area contributed by atoms with E-state index < -0.39 is 0 Å². The van der Waals surface area contributed by atoms with Crippen LogP contribution in [0.4, 0.5) is 0 Å². The lowest BCUT2D eigenvalue weighted by molar-refractivity contribution is -0.121. The number of Topliss-reactive ketones (excluding diaryl/α,β-unsaturated/α-hetero) is 1. The highest BCUT2D eigenvalue weighted by molar-refractivity contribution is 5.96. The summed E-state index contributed by atoms with van der Waals surface area (Å²) < 4.78 is 16.3. The number of nitrogens with one attached hydrogen (secondary N) is 1. The van der Waals surface area contributed by atoms with Gasteiger partial charge in [-0.2, -0.15) is 0 Å². The Balaban J connectivity index is 0.00000109. The van der Waals surface area contributed by atoms with Crippen LogP contribution in [0.1, 0.15) is 149 Å². The zero-order valence-corrected chi connectivity index (χ0v) is 30.2. The number of methoxy groups -OCH3 is 1. The van der Waals surface area contributed by atoms with Crippen LogP contribution in [0.15, 0.2) is 47.9 Å². The molecule has 0 saturated heterocycles. The number of carbonyl (C=O) groups excluding carboxylic acids is 2. The van der Waals surface area contributed by atoms with Gasteiger partial charge in [-0.05, 0) is 61.4 Å². The molecule has 0 spiro atoms. The molecule has 2 aliphatic rings. The SMILES string of the molecule is CC.CC.CCCCCC(CC)CCC.COc1ccc(C(=O)CCCCCC(=O)NCCC2C=CC3=C(C2)OCCO3)cc1. The Morgan fingerprint density at radius 3 is 2.20 bits per heavy atom. The second kappa shape index (κ2) is 28.7. The van der Waals surface area contributed by atoms with E-state index in [-0.39, 0.29) is 11.7 Å². The fourth-order valence-electron chi connectivity index (χ4n) is 5.29. The Bertz CT molecular complexity index is 937. The summed E-state index contributed by atoms with van der Waals surface area (Å²) in [4.78, 5) is 24.2. The molecule has 1 aromatic carbocycles. The maximum atomic E-state index is 12.2. The molecule has 6 heteroatoms. The van der Waals surface area contributed by atoms with Gasteiger partial charge in [-0.25, -0.2) is 0 Å². The molecule has 1 aromatic rings. The average Bonchev–Trinajstić information content (AvgIpc) is 3.09. The smallest absolute Gasteiger partial charge is 0.219 e. The predicted octanol–water partition coefficient (Wildman–Crippen LogP) is 10.6. The summed E-state index contributed by atoms with van der Waals surface area (Å²) in [6.07, 6.45) is 19.2. The molecule has 1 heterocycles. The van der Waals surface area contributed by atoms with Crippen molar-refractivity contribution in [2.75, 3.05) is 26.9 Å². The molecule has 0 aromatic heterocycles. The van der Waals surface area contributed by atoms with Crippen molar-refractivity contribution in [1.82, 2.24) is 5.32 Å². The molecule has 258 valence electrons. The Hall–Kier alpha value is -2.76. The van der Waals surface area contributed by atoms with E-state index in [0.29, 0.717) is 44.1 Å². The molecular formula is C39H67NO5. The van der Waals surface area contributed by atoms with E-state index in [0.717, 1.165) is 55.3 Å². The average molecular weight is 630 g/mol. The summed E-state index contributed by atoms with van der Waals surface area (Å²) >= 11 is 0. The Morgan fingerprint density at radius 1 is 0.867 bits per heavy atom. The number of rotatable bonds is 18. The lowest BCUT2D eigenvalue weighted by Crippen LogP contribution is -2.26. The third-order valence-corrected chi connectivity index (χ3v) is 7.91. The highest BCUT2D eigenvalue weighted by atomic mass is 16.6. The van der Waals surface area contributed by atoms with Crippen molar-refractivity contribution in [2.45, 2.75) is 138 Å². The first kappa shape index (κ1) is 42.2. The molecule has 0 saturated carbocycles. The molecule has 0 fully saturated rings.